The van der Waals surface area contributed by atoms with Gasteiger partial charge in [0.2, 0.25) is 0 Å². The smallest absolute Gasteiger partial charge is 0.0878 e. The Kier molecular flexibility index (Phi) is 2.94. The molecule has 3 rings (SSSR count). The van der Waals surface area contributed by atoms with Gasteiger partial charge in [-0.25, -0.2) is 0 Å². The highest BCUT2D eigenvalue weighted by Gasteiger charge is 2.37. The van der Waals surface area contributed by atoms with Crippen LogP contribution in [0.2, 0.25) is 0 Å². The third-order valence-corrected chi connectivity index (χ3v) is 3.71. The fraction of sp³-hybridized carbons (Fsp3) is 0.571. The van der Waals surface area contributed by atoms with E-state index >= 15 is 0 Å². The van der Waals surface area contributed by atoms with E-state index in [1.807, 2.05) is 0 Å². The van der Waals surface area contributed by atoms with E-state index in [9.17, 15) is 0 Å². The SMILES string of the molecule is c1ccc([C@@H]2OCC[C@@H]2[C@@H]2CCCO2)cc1. The molecule has 86 valence electrons. The fourth-order valence-corrected chi connectivity index (χ4v) is 2.91. The van der Waals surface area contributed by atoms with Crippen molar-refractivity contribution in [2.24, 2.45) is 5.92 Å². The Morgan fingerprint density at radius 2 is 1.81 bits per heavy atom. The minimum Gasteiger partial charge on any atom is -0.378 e. The van der Waals surface area contributed by atoms with Gasteiger partial charge in [-0.15, -0.1) is 0 Å². The van der Waals surface area contributed by atoms with Gasteiger partial charge in [-0.05, 0) is 24.8 Å². The maximum atomic E-state index is 5.88. The summed E-state index contributed by atoms with van der Waals surface area (Å²) < 4.78 is 11.7. The second-order valence-electron chi connectivity index (χ2n) is 4.71. The highest BCUT2D eigenvalue weighted by Crippen LogP contribution is 2.40. The minimum atomic E-state index is 0.254. The zero-order valence-corrected chi connectivity index (χ0v) is 9.47. The van der Waals surface area contributed by atoms with Gasteiger partial charge in [0.15, 0.2) is 0 Å². The third kappa shape index (κ3) is 1.87. The zero-order chi connectivity index (χ0) is 10.8. The molecule has 0 aliphatic carbocycles. The first-order valence-electron chi connectivity index (χ1n) is 6.23. The summed E-state index contributed by atoms with van der Waals surface area (Å²) in [4.78, 5) is 0. The summed E-state index contributed by atoms with van der Waals surface area (Å²) in [6.07, 6.45) is 4.24. The Labute approximate surface area is 96.6 Å². The van der Waals surface area contributed by atoms with Gasteiger partial charge in [-0.3, -0.25) is 0 Å². The van der Waals surface area contributed by atoms with Gasteiger partial charge in [-0.2, -0.15) is 0 Å². The normalized spacial score (nSPS) is 34.4. The van der Waals surface area contributed by atoms with Crippen molar-refractivity contribution < 1.29 is 9.47 Å². The van der Waals surface area contributed by atoms with Crippen LogP contribution in [0.25, 0.3) is 0 Å². The van der Waals surface area contributed by atoms with Crippen LogP contribution in [0.1, 0.15) is 30.9 Å². The Balaban J connectivity index is 1.78. The molecule has 2 nitrogen and oxygen atoms in total. The van der Waals surface area contributed by atoms with Crippen LogP contribution in [0.15, 0.2) is 30.3 Å². The number of ether oxygens (including phenoxy) is 2. The van der Waals surface area contributed by atoms with Gasteiger partial charge in [0.05, 0.1) is 12.2 Å². The molecule has 0 spiro atoms. The Hall–Kier alpha value is -0.860. The molecule has 16 heavy (non-hydrogen) atoms. The molecule has 0 radical (unpaired) electrons. The summed E-state index contributed by atoms with van der Waals surface area (Å²) in [5.41, 5.74) is 1.31. The lowest BCUT2D eigenvalue weighted by molar-refractivity contribution is 0.0147. The van der Waals surface area contributed by atoms with E-state index in [1.54, 1.807) is 0 Å². The highest BCUT2D eigenvalue weighted by molar-refractivity contribution is 5.19. The molecular weight excluding hydrogens is 200 g/mol. The van der Waals surface area contributed by atoms with Crippen LogP contribution in [0.5, 0.6) is 0 Å². The largest absolute Gasteiger partial charge is 0.378 e. The first-order valence-corrected chi connectivity index (χ1v) is 6.23. The van der Waals surface area contributed by atoms with E-state index < -0.39 is 0 Å². The lowest BCUT2D eigenvalue weighted by Gasteiger charge is -2.23. The summed E-state index contributed by atoms with van der Waals surface area (Å²) >= 11 is 0. The molecule has 2 heterocycles. The summed E-state index contributed by atoms with van der Waals surface area (Å²) in [6.45, 7) is 1.81. The first-order chi connectivity index (χ1) is 7.95. The van der Waals surface area contributed by atoms with Crippen LogP contribution in [-0.4, -0.2) is 19.3 Å². The van der Waals surface area contributed by atoms with Gasteiger partial charge in [0.1, 0.15) is 0 Å². The second-order valence-corrected chi connectivity index (χ2v) is 4.71. The molecule has 0 bridgehead atoms. The lowest BCUT2D eigenvalue weighted by atomic mass is 9.89. The Bertz CT molecular complexity index is 330. The zero-order valence-electron chi connectivity index (χ0n) is 9.47. The van der Waals surface area contributed by atoms with Crippen molar-refractivity contribution in [2.45, 2.75) is 31.5 Å². The first kappa shape index (κ1) is 10.3. The number of hydrogen-bond acceptors (Lipinski definition) is 2. The third-order valence-electron chi connectivity index (χ3n) is 3.71. The molecule has 0 N–H and O–H groups in total. The van der Waals surface area contributed by atoms with Crippen molar-refractivity contribution in [1.29, 1.82) is 0 Å². The molecular formula is C14H18O2. The summed E-state index contributed by atoms with van der Waals surface area (Å²) in [5, 5.41) is 0. The Morgan fingerprint density at radius 1 is 0.938 bits per heavy atom. The number of rotatable bonds is 2. The van der Waals surface area contributed by atoms with E-state index in [1.165, 1.54) is 18.4 Å². The monoisotopic (exact) mass is 218 g/mol. The average molecular weight is 218 g/mol. The van der Waals surface area contributed by atoms with E-state index in [2.05, 4.69) is 30.3 Å². The van der Waals surface area contributed by atoms with Crippen LogP contribution in [0.3, 0.4) is 0 Å². The maximum absolute atomic E-state index is 5.88. The predicted molar refractivity (Wildman–Crippen MR) is 62.2 cm³/mol. The maximum Gasteiger partial charge on any atom is 0.0878 e. The van der Waals surface area contributed by atoms with Crippen molar-refractivity contribution in [3.63, 3.8) is 0 Å². The van der Waals surface area contributed by atoms with E-state index in [0.29, 0.717) is 12.0 Å². The summed E-state index contributed by atoms with van der Waals surface area (Å²) in [5.74, 6) is 0.560. The molecule has 2 saturated heterocycles. The van der Waals surface area contributed by atoms with Gasteiger partial charge in [-0.1, -0.05) is 30.3 Å². The molecule has 2 fully saturated rings. The topological polar surface area (TPSA) is 18.5 Å². The molecule has 0 amide bonds. The van der Waals surface area contributed by atoms with Crippen molar-refractivity contribution in [2.75, 3.05) is 13.2 Å². The van der Waals surface area contributed by atoms with Gasteiger partial charge >= 0.3 is 0 Å². The molecule has 0 unspecified atom stereocenters. The van der Waals surface area contributed by atoms with Crippen LogP contribution in [-0.2, 0) is 9.47 Å². The molecule has 2 aliphatic heterocycles. The standard InChI is InChI=1S/C14H18O2/c1-2-5-11(6-3-1)14-12(8-10-16-14)13-7-4-9-15-13/h1-3,5-6,12-14H,4,7-10H2/t12-,13+,14+/m1/s1. The minimum absolute atomic E-state index is 0.254. The molecule has 1 aromatic rings. The number of benzene rings is 1. The van der Waals surface area contributed by atoms with Gasteiger partial charge < -0.3 is 9.47 Å². The van der Waals surface area contributed by atoms with E-state index in [-0.39, 0.29) is 6.10 Å². The molecule has 0 saturated carbocycles. The van der Waals surface area contributed by atoms with Crippen LogP contribution >= 0.6 is 0 Å². The van der Waals surface area contributed by atoms with Gasteiger partial charge in [0.25, 0.3) is 0 Å². The summed E-state index contributed by atoms with van der Waals surface area (Å²) in [6, 6.07) is 10.6. The van der Waals surface area contributed by atoms with E-state index in [4.69, 9.17) is 9.47 Å². The van der Waals surface area contributed by atoms with Gasteiger partial charge in [0, 0.05) is 19.1 Å². The average Bonchev–Trinajstić information content (AvgIpc) is 3.01. The Morgan fingerprint density at radius 3 is 2.56 bits per heavy atom. The van der Waals surface area contributed by atoms with Crippen molar-refractivity contribution in [3.8, 4) is 0 Å². The molecule has 2 aliphatic rings. The number of hydrogen-bond donors (Lipinski definition) is 0. The molecule has 2 heteroatoms. The fourth-order valence-electron chi connectivity index (χ4n) is 2.91. The molecule has 0 aromatic heterocycles. The predicted octanol–water partition coefficient (Wildman–Crippen LogP) is 2.94. The molecule has 1 aromatic carbocycles. The summed E-state index contributed by atoms with van der Waals surface area (Å²) in [7, 11) is 0. The lowest BCUT2D eigenvalue weighted by Crippen LogP contribution is -2.22. The van der Waals surface area contributed by atoms with Crippen LogP contribution in [0.4, 0.5) is 0 Å². The van der Waals surface area contributed by atoms with Crippen LogP contribution in [0, 0.1) is 5.92 Å². The quantitative estimate of drug-likeness (QED) is 0.759. The molecule has 3 atom stereocenters. The van der Waals surface area contributed by atoms with Crippen molar-refractivity contribution >= 4 is 0 Å². The van der Waals surface area contributed by atoms with Crippen LogP contribution < -0.4 is 0 Å². The van der Waals surface area contributed by atoms with E-state index in [0.717, 1.165) is 19.6 Å². The van der Waals surface area contributed by atoms with Crippen molar-refractivity contribution in [3.05, 3.63) is 35.9 Å². The second kappa shape index (κ2) is 4.56. The highest BCUT2D eigenvalue weighted by atomic mass is 16.5. The van der Waals surface area contributed by atoms with Crippen molar-refractivity contribution in [1.82, 2.24) is 0 Å².